The highest BCUT2D eigenvalue weighted by Gasteiger charge is 2.27. The highest BCUT2D eigenvalue weighted by molar-refractivity contribution is 8.00. The summed E-state index contributed by atoms with van der Waals surface area (Å²) in [5, 5.41) is 9.68. The van der Waals surface area contributed by atoms with Gasteiger partial charge in [0, 0.05) is 18.7 Å². The van der Waals surface area contributed by atoms with Crippen molar-refractivity contribution < 1.29 is 9.53 Å². The number of fused-ring (bicyclic) bond motifs is 3. The van der Waals surface area contributed by atoms with Crippen LogP contribution < -0.4 is 10.3 Å². The topological polar surface area (TPSA) is 81.7 Å². The van der Waals surface area contributed by atoms with E-state index in [4.69, 9.17) is 4.74 Å². The number of benzene rings is 2. The molecule has 0 aliphatic carbocycles. The Kier molecular flexibility index (Phi) is 6.51. The molecule has 0 spiro atoms. The molecule has 4 aromatic rings. The van der Waals surface area contributed by atoms with Crippen LogP contribution in [0.3, 0.4) is 0 Å². The summed E-state index contributed by atoms with van der Waals surface area (Å²) in [7, 11) is 1.62. The summed E-state index contributed by atoms with van der Waals surface area (Å²) in [4.78, 5) is 28.6. The van der Waals surface area contributed by atoms with E-state index in [1.165, 1.54) is 11.8 Å². The summed E-state index contributed by atoms with van der Waals surface area (Å²) in [6.45, 7) is 6.04. The molecule has 8 nitrogen and oxygen atoms in total. The molecule has 2 aromatic heterocycles. The van der Waals surface area contributed by atoms with Gasteiger partial charge in [0.1, 0.15) is 5.75 Å². The van der Waals surface area contributed by atoms with E-state index >= 15 is 0 Å². The normalized spacial score (nSPS) is 15.6. The van der Waals surface area contributed by atoms with E-state index in [1.807, 2.05) is 64.8 Å². The van der Waals surface area contributed by atoms with Crippen molar-refractivity contribution in [2.45, 2.75) is 43.6 Å². The second-order valence-corrected chi connectivity index (χ2v) is 10.4. The van der Waals surface area contributed by atoms with Gasteiger partial charge in [-0.25, -0.2) is 0 Å². The number of ether oxygens (including phenoxy) is 1. The number of thioether (sulfide) groups is 1. The van der Waals surface area contributed by atoms with Crippen LogP contribution >= 0.6 is 11.8 Å². The van der Waals surface area contributed by atoms with Crippen LogP contribution in [0.25, 0.3) is 16.7 Å². The third-order valence-corrected chi connectivity index (χ3v) is 7.75. The highest BCUT2D eigenvalue weighted by atomic mass is 32.2. The first-order valence-corrected chi connectivity index (χ1v) is 12.8. The van der Waals surface area contributed by atoms with Crippen LogP contribution in [-0.2, 0) is 11.3 Å². The van der Waals surface area contributed by atoms with Crippen LogP contribution in [0.5, 0.6) is 5.75 Å². The van der Waals surface area contributed by atoms with Gasteiger partial charge in [-0.15, -0.1) is 10.2 Å². The Morgan fingerprint density at radius 1 is 1.11 bits per heavy atom. The first kappa shape index (κ1) is 23.4. The molecule has 1 saturated heterocycles. The van der Waals surface area contributed by atoms with E-state index in [1.54, 1.807) is 11.7 Å². The van der Waals surface area contributed by atoms with Gasteiger partial charge in [-0.05, 0) is 43.9 Å². The van der Waals surface area contributed by atoms with Gasteiger partial charge < -0.3 is 9.64 Å². The Bertz CT molecular complexity index is 1440. The first-order chi connectivity index (χ1) is 17.0. The average molecular weight is 492 g/mol. The van der Waals surface area contributed by atoms with Gasteiger partial charge in [0.05, 0.1) is 29.8 Å². The van der Waals surface area contributed by atoms with E-state index in [-0.39, 0.29) is 16.7 Å². The molecule has 5 rings (SSSR count). The Morgan fingerprint density at radius 2 is 1.83 bits per heavy atom. The molecule has 0 bridgehead atoms. The SMILES string of the molecule is COc1ccccc1Cn1c(=O)c2ccccc2n2c(SC(C)C(=O)N3CCC(C)CC3)nnc12. The summed E-state index contributed by atoms with van der Waals surface area (Å²) in [6, 6.07) is 15.1. The molecule has 1 atom stereocenters. The molecule has 35 heavy (non-hydrogen) atoms. The monoisotopic (exact) mass is 491 g/mol. The summed E-state index contributed by atoms with van der Waals surface area (Å²) < 4.78 is 9.01. The third kappa shape index (κ3) is 4.40. The highest BCUT2D eigenvalue weighted by Crippen LogP contribution is 2.28. The minimum atomic E-state index is -0.316. The van der Waals surface area contributed by atoms with Gasteiger partial charge in [-0.1, -0.05) is 49.0 Å². The Balaban J connectivity index is 1.55. The van der Waals surface area contributed by atoms with E-state index in [0.717, 1.165) is 37.0 Å². The van der Waals surface area contributed by atoms with Crippen molar-refractivity contribution in [2.24, 2.45) is 5.92 Å². The minimum Gasteiger partial charge on any atom is -0.496 e. The number of likely N-dealkylation sites (tertiary alicyclic amines) is 1. The number of carbonyl (C=O) groups excluding carboxylic acids is 1. The van der Waals surface area contributed by atoms with Gasteiger partial charge in [-0.2, -0.15) is 0 Å². The second-order valence-electron chi connectivity index (χ2n) is 9.11. The van der Waals surface area contributed by atoms with Crippen LogP contribution in [0, 0.1) is 5.92 Å². The summed E-state index contributed by atoms with van der Waals surface area (Å²) in [6.07, 6.45) is 2.08. The Labute approximate surface area is 207 Å². The lowest BCUT2D eigenvalue weighted by molar-refractivity contribution is -0.131. The van der Waals surface area contributed by atoms with Crippen LogP contribution in [0.15, 0.2) is 58.5 Å². The van der Waals surface area contributed by atoms with Gasteiger partial charge >= 0.3 is 0 Å². The van der Waals surface area contributed by atoms with Crippen molar-refractivity contribution >= 4 is 34.3 Å². The average Bonchev–Trinajstić information content (AvgIpc) is 3.30. The molecule has 9 heteroatoms. The molecule has 1 fully saturated rings. The van der Waals surface area contributed by atoms with Crippen molar-refractivity contribution in [3.63, 3.8) is 0 Å². The lowest BCUT2D eigenvalue weighted by Crippen LogP contribution is -2.41. The maximum absolute atomic E-state index is 13.5. The predicted octanol–water partition coefficient (Wildman–Crippen LogP) is 3.84. The van der Waals surface area contributed by atoms with Gasteiger partial charge in [-0.3, -0.25) is 18.6 Å². The van der Waals surface area contributed by atoms with Crippen LogP contribution in [0.1, 0.15) is 32.3 Å². The summed E-state index contributed by atoms with van der Waals surface area (Å²) in [5.41, 5.74) is 1.45. The third-order valence-electron chi connectivity index (χ3n) is 6.72. The summed E-state index contributed by atoms with van der Waals surface area (Å²) in [5.74, 6) is 1.92. The Hall–Kier alpha value is -3.33. The minimum absolute atomic E-state index is 0.116. The maximum atomic E-state index is 13.5. The quantitative estimate of drug-likeness (QED) is 0.381. The number of rotatable bonds is 6. The van der Waals surface area contributed by atoms with E-state index in [2.05, 4.69) is 17.1 Å². The molecule has 3 heterocycles. The van der Waals surface area contributed by atoms with E-state index in [0.29, 0.717) is 34.5 Å². The van der Waals surface area contributed by atoms with Crippen LogP contribution in [-0.4, -0.2) is 55.4 Å². The molecule has 182 valence electrons. The number of methoxy groups -OCH3 is 1. The number of piperidine rings is 1. The molecular formula is C26H29N5O3S. The van der Waals surface area contributed by atoms with Crippen molar-refractivity contribution in [1.82, 2.24) is 24.1 Å². The molecule has 0 N–H and O–H groups in total. The number of nitrogens with zero attached hydrogens (tertiary/aromatic N) is 5. The van der Waals surface area contributed by atoms with Crippen molar-refractivity contribution in [2.75, 3.05) is 20.2 Å². The van der Waals surface area contributed by atoms with Gasteiger partial charge in [0.25, 0.3) is 5.56 Å². The lowest BCUT2D eigenvalue weighted by Gasteiger charge is -2.31. The van der Waals surface area contributed by atoms with E-state index < -0.39 is 0 Å². The molecule has 0 saturated carbocycles. The van der Waals surface area contributed by atoms with Gasteiger partial charge in [0.15, 0.2) is 5.16 Å². The molecule has 0 radical (unpaired) electrons. The standard InChI is InChI=1S/C26H29N5O3S/c1-17-12-14-29(15-13-17)23(32)18(2)35-26-28-27-25-30(16-19-8-4-7-11-22(19)34-3)24(33)20-9-5-6-10-21(20)31(25)26/h4-11,17-18H,12-16H2,1-3H3. The van der Waals surface area contributed by atoms with Crippen molar-refractivity contribution in [1.29, 1.82) is 0 Å². The van der Waals surface area contributed by atoms with Crippen LogP contribution in [0.4, 0.5) is 0 Å². The number of aromatic nitrogens is 4. The molecule has 1 aliphatic rings. The molecule has 2 aromatic carbocycles. The number of amides is 1. The zero-order valence-electron chi connectivity index (χ0n) is 20.2. The number of hydrogen-bond acceptors (Lipinski definition) is 6. The second kappa shape index (κ2) is 9.73. The first-order valence-electron chi connectivity index (χ1n) is 11.9. The van der Waals surface area contributed by atoms with Crippen molar-refractivity contribution in [3.8, 4) is 5.75 Å². The number of para-hydroxylation sites is 2. The fourth-order valence-electron chi connectivity index (χ4n) is 4.65. The number of carbonyl (C=O) groups is 1. The fourth-order valence-corrected chi connectivity index (χ4v) is 5.59. The zero-order valence-corrected chi connectivity index (χ0v) is 21.0. The largest absolute Gasteiger partial charge is 0.496 e. The lowest BCUT2D eigenvalue weighted by atomic mass is 9.99. The van der Waals surface area contributed by atoms with Crippen molar-refractivity contribution in [3.05, 3.63) is 64.4 Å². The predicted molar refractivity (Wildman–Crippen MR) is 137 cm³/mol. The smallest absolute Gasteiger partial charge is 0.263 e. The van der Waals surface area contributed by atoms with E-state index in [9.17, 15) is 9.59 Å². The van der Waals surface area contributed by atoms with Crippen LogP contribution in [0.2, 0.25) is 0 Å². The molecular weight excluding hydrogens is 462 g/mol. The summed E-state index contributed by atoms with van der Waals surface area (Å²) >= 11 is 1.38. The fraction of sp³-hybridized carbons (Fsp3) is 0.385. The zero-order chi connectivity index (χ0) is 24.5. The molecule has 1 unspecified atom stereocenters. The van der Waals surface area contributed by atoms with Gasteiger partial charge in [0.2, 0.25) is 11.7 Å². The Morgan fingerprint density at radius 3 is 2.60 bits per heavy atom. The maximum Gasteiger partial charge on any atom is 0.263 e. The molecule has 1 amide bonds. The number of hydrogen-bond donors (Lipinski definition) is 0. The molecule has 1 aliphatic heterocycles.